The van der Waals surface area contributed by atoms with Gasteiger partial charge in [-0.1, -0.05) is 37.3 Å². The van der Waals surface area contributed by atoms with Gasteiger partial charge in [-0.25, -0.2) is 4.79 Å². The van der Waals surface area contributed by atoms with Crippen molar-refractivity contribution < 1.29 is 19.1 Å². The van der Waals surface area contributed by atoms with Gasteiger partial charge >= 0.3 is 5.97 Å². The first kappa shape index (κ1) is 20.3. The second-order valence-electron chi connectivity index (χ2n) is 6.63. The van der Waals surface area contributed by atoms with E-state index in [9.17, 15) is 9.59 Å². The summed E-state index contributed by atoms with van der Waals surface area (Å²) in [5, 5.41) is 3.47. The van der Waals surface area contributed by atoms with E-state index in [0.29, 0.717) is 18.5 Å². The number of fused-ring (bicyclic) bond motifs is 1. The molecule has 0 radical (unpaired) electrons. The average molecular weight is 392 g/mol. The highest BCUT2D eigenvalue weighted by Gasteiger charge is 2.19. The fraction of sp³-hybridized carbons (Fsp3) is 0.261. The topological polar surface area (TPSA) is 77.5 Å². The molecular formula is C23H24N2O4. The molecule has 0 bridgehead atoms. The Bertz CT molecular complexity index is 1050. The third-order valence-corrected chi connectivity index (χ3v) is 4.73. The maximum atomic E-state index is 12.8. The van der Waals surface area contributed by atoms with Gasteiger partial charge < -0.3 is 14.8 Å². The second-order valence-corrected chi connectivity index (χ2v) is 6.63. The first-order valence-corrected chi connectivity index (χ1v) is 9.48. The predicted octanol–water partition coefficient (Wildman–Crippen LogP) is 3.59. The molecule has 2 aromatic carbocycles. The number of nitrogens with zero attached hydrogens (tertiary/aromatic N) is 1. The van der Waals surface area contributed by atoms with Crippen LogP contribution in [0.5, 0.6) is 5.75 Å². The Balaban J connectivity index is 1.67. The van der Waals surface area contributed by atoms with Crippen molar-refractivity contribution in [2.75, 3.05) is 13.7 Å². The molecule has 0 fully saturated rings. The Morgan fingerprint density at radius 2 is 1.90 bits per heavy atom. The number of aromatic nitrogens is 1. The van der Waals surface area contributed by atoms with Gasteiger partial charge in [0.1, 0.15) is 5.75 Å². The predicted molar refractivity (Wildman–Crippen MR) is 111 cm³/mol. The summed E-state index contributed by atoms with van der Waals surface area (Å²) in [5.74, 6) is -0.171. The van der Waals surface area contributed by atoms with Crippen LogP contribution in [0.2, 0.25) is 0 Å². The van der Waals surface area contributed by atoms with Crippen LogP contribution in [0, 0.1) is 6.92 Å². The minimum absolute atomic E-state index is 0.324. The fourth-order valence-corrected chi connectivity index (χ4v) is 3.20. The highest BCUT2D eigenvalue weighted by molar-refractivity contribution is 6.05. The summed E-state index contributed by atoms with van der Waals surface area (Å²) in [6.45, 7) is 3.83. The molecule has 3 rings (SSSR count). The first-order valence-electron chi connectivity index (χ1n) is 9.48. The molecular weight excluding hydrogens is 368 g/mol. The van der Waals surface area contributed by atoms with Crippen LogP contribution < -0.4 is 10.1 Å². The Kier molecular flexibility index (Phi) is 6.44. The number of rotatable bonds is 7. The van der Waals surface area contributed by atoms with Gasteiger partial charge in [-0.15, -0.1) is 0 Å². The summed E-state index contributed by atoms with van der Waals surface area (Å²) in [4.78, 5) is 29.5. The van der Waals surface area contributed by atoms with Crippen molar-refractivity contribution in [1.29, 1.82) is 0 Å². The molecule has 3 aromatic rings. The number of ether oxygens (including phenoxy) is 2. The lowest BCUT2D eigenvalue weighted by Crippen LogP contribution is -2.28. The zero-order chi connectivity index (χ0) is 20.8. The van der Waals surface area contributed by atoms with Crippen LogP contribution in [-0.4, -0.2) is 30.6 Å². The molecule has 0 aliphatic carbocycles. The molecule has 0 saturated carbocycles. The lowest BCUT2D eigenvalue weighted by atomic mass is 10.0. The zero-order valence-corrected chi connectivity index (χ0v) is 16.8. The van der Waals surface area contributed by atoms with E-state index < -0.39 is 5.97 Å². The number of pyridine rings is 1. The van der Waals surface area contributed by atoms with E-state index >= 15 is 0 Å². The number of carbonyl (C=O) groups is 2. The average Bonchev–Trinajstić information content (AvgIpc) is 2.75. The van der Waals surface area contributed by atoms with E-state index in [1.807, 2.05) is 62.4 Å². The van der Waals surface area contributed by atoms with E-state index in [1.165, 1.54) is 0 Å². The summed E-state index contributed by atoms with van der Waals surface area (Å²) in [5.41, 5.74) is 3.73. The standard InChI is InChI=1S/C23H24N2O4/c1-4-19-15(2)22(18-10-5-6-11-20(18)25-19)23(27)29-14-21(26)24-13-16-8-7-9-17(12-16)28-3/h5-12H,4,13-14H2,1-3H3,(H,24,26). The Morgan fingerprint density at radius 1 is 1.10 bits per heavy atom. The van der Waals surface area contributed by atoms with Crippen LogP contribution >= 0.6 is 0 Å². The number of hydrogen-bond acceptors (Lipinski definition) is 5. The second kappa shape index (κ2) is 9.19. The number of benzene rings is 2. The monoisotopic (exact) mass is 392 g/mol. The van der Waals surface area contributed by atoms with E-state index in [2.05, 4.69) is 10.3 Å². The Morgan fingerprint density at radius 3 is 2.66 bits per heavy atom. The molecule has 0 atom stereocenters. The third kappa shape index (κ3) is 4.71. The van der Waals surface area contributed by atoms with Gasteiger partial charge in [0, 0.05) is 17.6 Å². The third-order valence-electron chi connectivity index (χ3n) is 4.73. The fourth-order valence-electron chi connectivity index (χ4n) is 3.20. The molecule has 29 heavy (non-hydrogen) atoms. The molecule has 0 spiro atoms. The van der Waals surface area contributed by atoms with Crippen molar-refractivity contribution in [3.63, 3.8) is 0 Å². The molecule has 1 aromatic heterocycles. The summed E-state index contributed by atoms with van der Waals surface area (Å²) < 4.78 is 10.5. The van der Waals surface area contributed by atoms with E-state index in [4.69, 9.17) is 9.47 Å². The van der Waals surface area contributed by atoms with E-state index in [0.717, 1.165) is 33.5 Å². The van der Waals surface area contributed by atoms with Gasteiger partial charge in [-0.2, -0.15) is 0 Å². The minimum atomic E-state index is -0.521. The van der Waals surface area contributed by atoms with Gasteiger partial charge in [0.15, 0.2) is 6.61 Å². The Labute approximate surface area is 169 Å². The highest BCUT2D eigenvalue weighted by atomic mass is 16.5. The summed E-state index contributed by atoms with van der Waals surface area (Å²) in [6.07, 6.45) is 0.706. The number of esters is 1. The quantitative estimate of drug-likeness (QED) is 0.622. The molecule has 6 nitrogen and oxygen atoms in total. The maximum absolute atomic E-state index is 12.8. The highest BCUT2D eigenvalue weighted by Crippen LogP contribution is 2.24. The van der Waals surface area contributed by atoms with Crippen LogP contribution in [0.15, 0.2) is 48.5 Å². The Hall–Kier alpha value is -3.41. The van der Waals surface area contributed by atoms with Crippen molar-refractivity contribution >= 4 is 22.8 Å². The smallest absolute Gasteiger partial charge is 0.339 e. The molecule has 1 heterocycles. The minimum Gasteiger partial charge on any atom is -0.497 e. The number of methoxy groups -OCH3 is 1. The summed E-state index contributed by atoms with van der Waals surface area (Å²) >= 11 is 0. The molecule has 150 valence electrons. The van der Waals surface area contributed by atoms with Crippen molar-refractivity contribution in [3.8, 4) is 5.75 Å². The molecule has 1 N–H and O–H groups in total. The van der Waals surface area contributed by atoms with Gasteiger partial charge in [0.2, 0.25) is 0 Å². The number of para-hydroxylation sites is 1. The number of aryl methyl sites for hydroxylation is 1. The maximum Gasteiger partial charge on any atom is 0.339 e. The molecule has 6 heteroatoms. The molecule has 0 aliphatic rings. The number of hydrogen-bond donors (Lipinski definition) is 1. The van der Waals surface area contributed by atoms with Gasteiger partial charge in [0.05, 0.1) is 18.2 Å². The molecule has 1 amide bonds. The van der Waals surface area contributed by atoms with Crippen LogP contribution in [0.1, 0.15) is 34.1 Å². The van der Waals surface area contributed by atoms with Crippen molar-refractivity contribution in [2.24, 2.45) is 0 Å². The SMILES string of the molecule is CCc1nc2ccccc2c(C(=O)OCC(=O)NCc2cccc(OC)c2)c1C. The summed E-state index contributed by atoms with van der Waals surface area (Å²) in [7, 11) is 1.59. The number of carbonyl (C=O) groups excluding carboxylic acids is 2. The number of amides is 1. The molecule has 0 unspecified atom stereocenters. The van der Waals surface area contributed by atoms with Crippen LogP contribution in [-0.2, 0) is 22.5 Å². The van der Waals surface area contributed by atoms with E-state index in [-0.39, 0.29) is 12.5 Å². The van der Waals surface area contributed by atoms with Crippen molar-refractivity contribution in [1.82, 2.24) is 10.3 Å². The van der Waals surface area contributed by atoms with Gasteiger partial charge in [-0.05, 0) is 42.7 Å². The lowest BCUT2D eigenvalue weighted by molar-refractivity contribution is -0.124. The lowest BCUT2D eigenvalue weighted by Gasteiger charge is -2.13. The van der Waals surface area contributed by atoms with Crippen LogP contribution in [0.25, 0.3) is 10.9 Å². The van der Waals surface area contributed by atoms with E-state index in [1.54, 1.807) is 7.11 Å². The molecule has 0 saturated heterocycles. The van der Waals surface area contributed by atoms with Gasteiger partial charge in [0.25, 0.3) is 5.91 Å². The van der Waals surface area contributed by atoms with Crippen molar-refractivity contribution in [2.45, 2.75) is 26.8 Å². The normalized spacial score (nSPS) is 10.6. The first-order chi connectivity index (χ1) is 14.0. The van der Waals surface area contributed by atoms with Crippen molar-refractivity contribution in [3.05, 3.63) is 70.9 Å². The van der Waals surface area contributed by atoms with Crippen LogP contribution in [0.3, 0.4) is 0 Å². The van der Waals surface area contributed by atoms with Crippen LogP contribution in [0.4, 0.5) is 0 Å². The molecule has 0 aliphatic heterocycles. The summed E-state index contributed by atoms with van der Waals surface area (Å²) in [6, 6.07) is 14.8. The number of nitrogens with one attached hydrogen (secondary N) is 1. The zero-order valence-electron chi connectivity index (χ0n) is 16.8. The largest absolute Gasteiger partial charge is 0.497 e. The van der Waals surface area contributed by atoms with Gasteiger partial charge in [-0.3, -0.25) is 9.78 Å².